The first-order valence-corrected chi connectivity index (χ1v) is 19.6. The number of imide groups is 2. The number of ether oxygens (including phenoxy) is 1. The lowest BCUT2D eigenvalue weighted by Gasteiger charge is -2.39. The quantitative estimate of drug-likeness (QED) is 0.239. The Kier molecular flexibility index (Phi) is 9.10. The van der Waals surface area contributed by atoms with Crippen molar-refractivity contribution in [3.8, 4) is 5.75 Å². The molecule has 0 aliphatic carbocycles. The molecular formula is C42H41ClN6O6. The summed E-state index contributed by atoms with van der Waals surface area (Å²) in [7, 11) is 0. The zero-order chi connectivity index (χ0) is 38.0. The van der Waals surface area contributed by atoms with E-state index in [1.165, 1.54) is 0 Å². The number of halogens is 1. The van der Waals surface area contributed by atoms with Gasteiger partial charge >= 0.3 is 0 Å². The molecule has 0 radical (unpaired) electrons. The van der Waals surface area contributed by atoms with Gasteiger partial charge < -0.3 is 14.5 Å². The van der Waals surface area contributed by atoms with Gasteiger partial charge in [-0.3, -0.25) is 39.1 Å². The molecule has 4 saturated heterocycles. The molecule has 55 heavy (non-hydrogen) atoms. The van der Waals surface area contributed by atoms with Crippen LogP contribution in [0.25, 0.3) is 4.85 Å². The topological polar surface area (TPSA) is 124 Å². The third-order valence-electron chi connectivity index (χ3n) is 12.4. The average Bonchev–Trinajstić information content (AvgIpc) is 3.78. The molecule has 9 rings (SSSR count). The Morgan fingerprint density at radius 2 is 1.51 bits per heavy atom. The van der Waals surface area contributed by atoms with Gasteiger partial charge in [0.2, 0.25) is 17.5 Å². The van der Waals surface area contributed by atoms with Gasteiger partial charge in [-0.15, -0.1) is 0 Å². The number of carbonyl (C=O) groups excluding carboxylic acids is 5. The maximum atomic E-state index is 13.8. The van der Waals surface area contributed by atoms with Gasteiger partial charge in [-0.25, -0.2) is 4.85 Å². The number of fused-ring (bicyclic) bond motifs is 4. The fourth-order valence-corrected chi connectivity index (χ4v) is 9.88. The standard InChI is InChI=1S/C42H41ClN6O6/c1-44-36-9-8-31(20-35(36)43)55-32-18-29-6-7-30(19-32)48(29)40(52)25-2-4-28(5-3-25)47-14-12-24(13-15-47)21-46-22-26-16-33-34(17-27(26)23-46)42(54)49(41(33)53)37-10-11-38(50)45-39(37)51/h2-5,8-9,16-17,20,24,29-30,32,37H,6-7,10-15,18-19,21-23H2,(H,45,50,51). The summed E-state index contributed by atoms with van der Waals surface area (Å²) in [5.41, 5.74) is 5.00. The number of nitrogens with one attached hydrogen (secondary N) is 1. The summed E-state index contributed by atoms with van der Waals surface area (Å²) < 4.78 is 6.27. The minimum Gasteiger partial charge on any atom is -0.490 e. The van der Waals surface area contributed by atoms with Crippen molar-refractivity contribution in [1.82, 2.24) is 20.0 Å². The first-order chi connectivity index (χ1) is 26.6. The van der Waals surface area contributed by atoms with Gasteiger partial charge in [0.05, 0.1) is 22.7 Å². The van der Waals surface area contributed by atoms with E-state index >= 15 is 0 Å². The van der Waals surface area contributed by atoms with Gasteiger partial charge in [0.1, 0.15) is 17.9 Å². The van der Waals surface area contributed by atoms with Crippen molar-refractivity contribution < 1.29 is 28.7 Å². The normalized spacial score (nSPS) is 25.2. The molecule has 6 heterocycles. The average molecular weight is 761 g/mol. The van der Waals surface area contributed by atoms with E-state index in [9.17, 15) is 24.0 Å². The lowest BCUT2D eigenvalue weighted by Crippen LogP contribution is -2.54. The Hall–Kier alpha value is -5.25. The number of anilines is 1. The van der Waals surface area contributed by atoms with E-state index in [0.717, 1.165) is 79.9 Å². The van der Waals surface area contributed by atoms with E-state index < -0.39 is 23.8 Å². The minimum atomic E-state index is -0.961. The zero-order valence-electron chi connectivity index (χ0n) is 30.3. The molecule has 2 bridgehead atoms. The van der Waals surface area contributed by atoms with Crippen LogP contribution in [0.2, 0.25) is 5.02 Å². The smallest absolute Gasteiger partial charge is 0.262 e. The molecule has 6 aliphatic heterocycles. The van der Waals surface area contributed by atoms with E-state index in [4.69, 9.17) is 22.9 Å². The van der Waals surface area contributed by atoms with Crippen LogP contribution >= 0.6 is 11.6 Å². The summed E-state index contributed by atoms with van der Waals surface area (Å²) in [5, 5.41) is 2.64. The molecule has 3 unspecified atom stereocenters. The summed E-state index contributed by atoms with van der Waals surface area (Å²) >= 11 is 6.23. The molecule has 1 N–H and O–H groups in total. The fraction of sp³-hybridized carbons (Fsp3) is 0.429. The first-order valence-electron chi connectivity index (χ1n) is 19.2. The molecule has 5 amide bonds. The van der Waals surface area contributed by atoms with Gasteiger partial charge in [-0.1, -0.05) is 17.7 Å². The number of hydrogen-bond acceptors (Lipinski definition) is 8. The van der Waals surface area contributed by atoms with E-state index in [2.05, 4.69) is 37.0 Å². The Morgan fingerprint density at radius 3 is 2.11 bits per heavy atom. The third-order valence-corrected chi connectivity index (χ3v) is 12.7. The summed E-state index contributed by atoms with van der Waals surface area (Å²) in [5.74, 6) is -0.662. The largest absolute Gasteiger partial charge is 0.490 e. The Labute approximate surface area is 324 Å². The molecule has 3 atom stereocenters. The zero-order valence-corrected chi connectivity index (χ0v) is 31.1. The molecule has 0 spiro atoms. The first kappa shape index (κ1) is 35.5. The van der Waals surface area contributed by atoms with Crippen molar-refractivity contribution in [2.45, 2.75) is 88.7 Å². The van der Waals surface area contributed by atoms with Gasteiger partial charge in [-0.2, -0.15) is 0 Å². The van der Waals surface area contributed by atoms with Crippen LogP contribution in [-0.2, 0) is 22.7 Å². The Bertz CT molecular complexity index is 2100. The van der Waals surface area contributed by atoms with Crippen molar-refractivity contribution in [2.75, 3.05) is 24.5 Å². The van der Waals surface area contributed by atoms with Crippen LogP contribution in [0.1, 0.15) is 93.6 Å². The van der Waals surface area contributed by atoms with Crippen molar-refractivity contribution in [2.24, 2.45) is 5.92 Å². The number of benzene rings is 3. The second-order valence-electron chi connectivity index (χ2n) is 15.8. The molecule has 4 fully saturated rings. The van der Waals surface area contributed by atoms with Crippen molar-refractivity contribution >= 4 is 52.5 Å². The SMILES string of the molecule is [C-]#[N+]c1ccc(OC2CC3CCC(C2)N3C(=O)c2ccc(N3CCC(CN4Cc5cc6c(cc5C4)C(=O)N(C4CCC(=O)NC4=O)C6=O)CC3)cc2)cc1Cl. The highest BCUT2D eigenvalue weighted by Crippen LogP contribution is 2.40. The van der Waals surface area contributed by atoms with Crippen LogP contribution in [0.4, 0.5) is 11.4 Å². The summed E-state index contributed by atoms with van der Waals surface area (Å²) in [4.78, 5) is 75.7. The number of rotatable bonds is 7. The Morgan fingerprint density at radius 1 is 0.855 bits per heavy atom. The molecule has 13 heteroatoms. The Balaban J connectivity index is 0.761. The van der Waals surface area contributed by atoms with Crippen LogP contribution < -0.4 is 15.0 Å². The molecular weight excluding hydrogens is 720 g/mol. The van der Waals surface area contributed by atoms with Crippen LogP contribution in [0, 0.1) is 12.5 Å². The number of nitrogens with zero attached hydrogens (tertiary/aromatic N) is 5. The molecule has 12 nitrogen and oxygen atoms in total. The van der Waals surface area contributed by atoms with Gasteiger partial charge in [0.25, 0.3) is 17.7 Å². The highest BCUT2D eigenvalue weighted by atomic mass is 35.5. The molecule has 0 saturated carbocycles. The van der Waals surface area contributed by atoms with Crippen LogP contribution in [0.5, 0.6) is 5.75 Å². The van der Waals surface area contributed by atoms with E-state index in [1.54, 1.807) is 18.2 Å². The number of hydrogen-bond donors (Lipinski definition) is 1. The third kappa shape index (κ3) is 6.53. The highest BCUT2D eigenvalue weighted by Gasteiger charge is 2.46. The number of piperidine rings is 3. The van der Waals surface area contributed by atoms with Crippen molar-refractivity contribution in [3.63, 3.8) is 0 Å². The van der Waals surface area contributed by atoms with E-state index in [0.29, 0.717) is 52.2 Å². The minimum absolute atomic E-state index is 0.000433. The van der Waals surface area contributed by atoms with Gasteiger partial charge in [0, 0.05) is 75.3 Å². The predicted molar refractivity (Wildman–Crippen MR) is 203 cm³/mol. The van der Waals surface area contributed by atoms with E-state index in [-0.39, 0.29) is 42.8 Å². The summed E-state index contributed by atoms with van der Waals surface area (Å²) in [6, 6.07) is 16.2. The lowest BCUT2D eigenvalue weighted by molar-refractivity contribution is -0.136. The van der Waals surface area contributed by atoms with Crippen molar-refractivity contribution in [1.29, 1.82) is 0 Å². The molecule has 3 aromatic rings. The molecule has 282 valence electrons. The maximum absolute atomic E-state index is 13.8. The molecule has 3 aromatic carbocycles. The predicted octanol–water partition coefficient (Wildman–Crippen LogP) is 5.74. The van der Waals surface area contributed by atoms with E-state index in [1.807, 2.05) is 24.3 Å². The monoisotopic (exact) mass is 760 g/mol. The van der Waals surface area contributed by atoms with Crippen molar-refractivity contribution in [3.05, 3.63) is 98.9 Å². The fourth-order valence-electron chi connectivity index (χ4n) is 9.67. The number of amides is 5. The summed E-state index contributed by atoms with van der Waals surface area (Å²) in [6.45, 7) is 11.4. The number of carbonyl (C=O) groups is 5. The second-order valence-corrected chi connectivity index (χ2v) is 16.2. The van der Waals surface area contributed by atoms with Crippen LogP contribution in [-0.4, -0.2) is 88.1 Å². The van der Waals surface area contributed by atoms with Crippen LogP contribution in [0.3, 0.4) is 0 Å². The summed E-state index contributed by atoms with van der Waals surface area (Å²) in [6.07, 6.45) is 5.80. The van der Waals surface area contributed by atoms with Gasteiger partial charge in [-0.05, 0) is 97.7 Å². The molecule has 0 aromatic heterocycles. The highest BCUT2D eigenvalue weighted by molar-refractivity contribution is 6.33. The van der Waals surface area contributed by atoms with Crippen LogP contribution in [0.15, 0.2) is 54.6 Å². The maximum Gasteiger partial charge on any atom is 0.262 e. The second kappa shape index (κ2) is 14.1. The van der Waals surface area contributed by atoms with Gasteiger partial charge in [0.15, 0.2) is 0 Å². The lowest BCUT2D eigenvalue weighted by atomic mass is 9.95. The molecule has 6 aliphatic rings.